The Balaban J connectivity index is 0.994. The first-order chi connectivity index (χ1) is 49.4. The highest BCUT2D eigenvalue weighted by Gasteiger charge is 2.33. The molecule has 4 aromatic carbocycles. The summed E-state index contributed by atoms with van der Waals surface area (Å²) in [7, 11) is -1.60. The van der Waals surface area contributed by atoms with Gasteiger partial charge in [0.1, 0.15) is 0 Å². The van der Waals surface area contributed by atoms with Gasteiger partial charge in [-0.1, -0.05) is 207 Å². The van der Waals surface area contributed by atoms with E-state index < -0.39 is 47.1 Å². The minimum atomic E-state index is -1.60. The smallest absolute Gasteiger partial charge is 0.423 e. The lowest BCUT2D eigenvalue weighted by Gasteiger charge is -2.29. The molecule has 8 bridgehead atoms. The van der Waals surface area contributed by atoms with Crippen LogP contribution >= 0.6 is 0 Å². The molecule has 0 spiro atoms. The normalized spacial score (nSPS) is 15.3. The predicted octanol–water partition coefficient (Wildman–Crippen LogP) is 19.1. The number of hydrogen-bond acceptors (Lipinski definition) is 10. The van der Waals surface area contributed by atoms with Crippen LogP contribution < -0.4 is 27.7 Å². The molecule has 540 valence electrons. The van der Waals surface area contributed by atoms with E-state index in [0.29, 0.717) is 11.2 Å². The van der Waals surface area contributed by atoms with Crippen LogP contribution in [0.4, 0.5) is 0 Å². The maximum atomic E-state index is 14.5. The topological polar surface area (TPSA) is 194 Å². The third kappa shape index (κ3) is 14.8. The fourth-order valence-corrected chi connectivity index (χ4v) is 16.1. The molecule has 14 nitrogen and oxygen atoms in total. The van der Waals surface area contributed by atoms with Gasteiger partial charge in [0, 0.05) is 27.7 Å². The number of aromatic amines is 2. The Morgan fingerprint density at radius 3 is 1.35 bits per heavy atom. The predicted molar refractivity (Wildman–Crippen MR) is 427 cm³/mol. The number of nitrogens with one attached hydrogen (secondary N) is 2. The summed E-state index contributed by atoms with van der Waals surface area (Å²) < 4.78 is 15.4. The van der Waals surface area contributed by atoms with Crippen LogP contribution in [0.15, 0.2) is 110 Å². The van der Waals surface area contributed by atoms with Crippen molar-refractivity contribution in [2.45, 2.75) is 249 Å². The first-order valence-electron chi connectivity index (χ1n) is 38.5. The van der Waals surface area contributed by atoms with Gasteiger partial charge in [-0.3, -0.25) is 23.7 Å². The second kappa shape index (κ2) is 31.2. The van der Waals surface area contributed by atoms with E-state index in [9.17, 15) is 29.2 Å². The van der Waals surface area contributed by atoms with E-state index in [2.05, 4.69) is 123 Å². The molecule has 15 heteroatoms. The zero-order valence-corrected chi connectivity index (χ0v) is 63.6. The molecule has 12 rings (SSSR count). The Kier molecular flexibility index (Phi) is 22.5. The molecule has 0 radical (unpaired) electrons. The van der Waals surface area contributed by atoms with Crippen molar-refractivity contribution in [2.75, 3.05) is 13.2 Å². The number of aromatic nitrogens is 6. The fourth-order valence-electron chi connectivity index (χ4n) is 16.1. The number of rotatable bonds is 26. The van der Waals surface area contributed by atoms with E-state index in [1.165, 1.54) is 54.7 Å². The largest absolute Gasteiger partial charge is 0.488 e. The van der Waals surface area contributed by atoms with Gasteiger partial charge in [0.2, 0.25) is 0 Å². The molecule has 0 amide bonds. The molecule has 9 aromatic rings. The van der Waals surface area contributed by atoms with Gasteiger partial charge in [-0.05, 0) is 192 Å². The second-order valence-electron chi connectivity index (χ2n) is 31.6. The lowest BCUT2D eigenvalue weighted by Crippen LogP contribution is -2.38. The van der Waals surface area contributed by atoms with Gasteiger partial charge in [0.05, 0.1) is 80.3 Å². The Hall–Kier alpha value is -8.34. The number of fused-ring (bicyclic) bond motifs is 10. The molecular formula is C88H107BN6O8. The SMILES string of the molecule is CCCCCCC1=C(C)c2nc1cc1[nH]c(c(C)c1CCCCCC)c(-c1ccc(C3OCC(n4c(=O)c5cc6c(=O)n(-c7cc(C(C)(C)C)ccc7C(C)(C)C)c(=O)c6cc5c4=O)CO3)cc1)c1[nH]c(cc3nc(c2-c2ccc(B(O)O)cc2)C(C)=C3CCCCCC)c(CCCCCC)c1C. The average Bonchev–Trinajstić information content (AvgIpc) is 1.59. The summed E-state index contributed by atoms with van der Waals surface area (Å²) in [6, 6.07) is 28.8. The Bertz CT molecular complexity index is 4910. The maximum absolute atomic E-state index is 14.5. The first kappa shape index (κ1) is 74.4. The van der Waals surface area contributed by atoms with Crippen molar-refractivity contribution < 1.29 is 19.5 Å². The van der Waals surface area contributed by atoms with Crippen molar-refractivity contribution in [3.8, 4) is 27.9 Å². The Morgan fingerprint density at radius 2 is 0.922 bits per heavy atom. The quantitative estimate of drug-likeness (QED) is 0.0299. The summed E-state index contributed by atoms with van der Waals surface area (Å²) in [5.41, 5.74) is 22.0. The third-order valence-corrected chi connectivity index (χ3v) is 22.2. The molecule has 0 unspecified atom stereocenters. The molecule has 3 aliphatic heterocycles. The highest BCUT2D eigenvalue weighted by Crippen LogP contribution is 2.46. The number of allylic oxidation sites excluding steroid dienone is 4. The van der Waals surface area contributed by atoms with Crippen LogP contribution in [0.3, 0.4) is 0 Å². The van der Waals surface area contributed by atoms with Gasteiger partial charge in [-0.2, -0.15) is 0 Å². The molecule has 4 N–H and O–H groups in total. The molecule has 0 aliphatic carbocycles. The number of hydrogen-bond donors (Lipinski definition) is 4. The Morgan fingerprint density at radius 1 is 0.495 bits per heavy atom. The van der Waals surface area contributed by atoms with E-state index in [-0.39, 0.29) is 40.2 Å². The highest BCUT2D eigenvalue weighted by atomic mass is 16.7. The van der Waals surface area contributed by atoms with Gasteiger partial charge in [-0.15, -0.1) is 0 Å². The molecule has 5 aromatic heterocycles. The van der Waals surface area contributed by atoms with Gasteiger partial charge >= 0.3 is 7.12 Å². The number of H-pyrrole nitrogens is 2. The molecule has 1 saturated heterocycles. The lowest BCUT2D eigenvalue weighted by atomic mass is 9.79. The van der Waals surface area contributed by atoms with Crippen molar-refractivity contribution in [1.82, 2.24) is 29.1 Å². The molecule has 0 atom stereocenters. The minimum absolute atomic E-state index is 0.00573. The summed E-state index contributed by atoms with van der Waals surface area (Å²) in [5, 5.41) is 21.1. The highest BCUT2D eigenvalue weighted by molar-refractivity contribution is 6.58. The fraction of sp³-hybridized carbons (Fsp3) is 0.455. The van der Waals surface area contributed by atoms with Gasteiger partial charge < -0.3 is 29.5 Å². The third-order valence-electron chi connectivity index (χ3n) is 22.2. The molecule has 1 fully saturated rings. The van der Waals surface area contributed by atoms with Crippen molar-refractivity contribution in [1.29, 1.82) is 0 Å². The van der Waals surface area contributed by atoms with Crippen molar-refractivity contribution in [3.05, 3.63) is 194 Å². The maximum Gasteiger partial charge on any atom is 0.488 e. The molecule has 8 heterocycles. The number of ether oxygens (including phenoxy) is 2. The van der Waals surface area contributed by atoms with E-state index in [0.717, 1.165) is 223 Å². The molecule has 0 saturated carbocycles. The zero-order chi connectivity index (χ0) is 73.3. The van der Waals surface area contributed by atoms with Crippen molar-refractivity contribution in [2.24, 2.45) is 0 Å². The van der Waals surface area contributed by atoms with E-state index >= 15 is 0 Å². The van der Waals surface area contributed by atoms with Crippen molar-refractivity contribution >= 4 is 78.5 Å². The van der Waals surface area contributed by atoms with Crippen LogP contribution in [0.1, 0.15) is 273 Å². The van der Waals surface area contributed by atoms with Crippen LogP contribution in [0.2, 0.25) is 0 Å². The molecule has 3 aliphatic rings. The number of nitrogens with zero attached hydrogens (tertiary/aromatic N) is 4. The first-order valence-corrected chi connectivity index (χ1v) is 38.5. The Labute approximate surface area is 607 Å². The number of unbranched alkanes of at least 4 members (excludes halogenated alkanes) is 12. The summed E-state index contributed by atoms with van der Waals surface area (Å²) in [5.74, 6) is 0. The number of benzene rings is 4. The summed E-state index contributed by atoms with van der Waals surface area (Å²) in [4.78, 5) is 77.9. The molecular weight excluding hydrogens is 1280 g/mol. The lowest BCUT2D eigenvalue weighted by molar-refractivity contribution is -0.201. The average molecular weight is 1390 g/mol. The van der Waals surface area contributed by atoms with Crippen LogP contribution in [0.5, 0.6) is 0 Å². The van der Waals surface area contributed by atoms with Gasteiger partial charge in [-0.25, -0.2) is 14.5 Å². The molecule has 103 heavy (non-hydrogen) atoms. The van der Waals surface area contributed by atoms with E-state index in [1.54, 1.807) is 0 Å². The van der Waals surface area contributed by atoms with Gasteiger partial charge in [0.25, 0.3) is 22.2 Å². The van der Waals surface area contributed by atoms with E-state index in [4.69, 9.17) is 19.4 Å². The van der Waals surface area contributed by atoms with Gasteiger partial charge in [0.15, 0.2) is 6.29 Å². The van der Waals surface area contributed by atoms with Crippen molar-refractivity contribution in [3.63, 3.8) is 0 Å². The van der Waals surface area contributed by atoms with Crippen LogP contribution in [-0.2, 0) is 33.1 Å². The van der Waals surface area contributed by atoms with E-state index in [1.807, 2.05) is 63.2 Å². The minimum Gasteiger partial charge on any atom is -0.423 e. The standard InChI is InChI=1S/C88H107BN6O8/c1-15-19-23-27-31-62-52(5)78-76(56-35-37-58(38-36-56)86-102-50-61(51-103-86)94-82(96)66-46-68-69(47-67(66)83(94)97)85(99)95(84(68)98)75-45-59(87(9,10)11)41-44-70(75)88(12,13)14)79-53(6)63(32-28-24-20-16-2)72(91-79)49-74-65(34-30-26-22-18-4)55(8)81(93-74)77(57-39-42-60(43-40-57)89(100)101)80-54(7)64(33-29-25-21-17-3)73(92-80)48-71(62)90-78/h35-49,61,86,90-91,100-101H,15-34,50-51H2,1-14H3. The summed E-state index contributed by atoms with van der Waals surface area (Å²) >= 11 is 0. The second-order valence-corrected chi connectivity index (χ2v) is 31.6. The monoisotopic (exact) mass is 1390 g/mol. The number of aryl methyl sites for hydroxylation is 4. The van der Waals surface area contributed by atoms with Crippen LogP contribution in [0.25, 0.3) is 93.8 Å². The summed E-state index contributed by atoms with van der Waals surface area (Å²) in [6.07, 6.45) is 20.5. The zero-order valence-electron chi connectivity index (χ0n) is 63.6. The van der Waals surface area contributed by atoms with Crippen LogP contribution in [-0.4, -0.2) is 59.5 Å². The summed E-state index contributed by atoms with van der Waals surface area (Å²) in [6.45, 7) is 30.5. The van der Waals surface area contributed by atoms with Crippen LogP contribution in [0, 0.1) is 13.8 Å².